The van der Waals surface area contributed by atoms with Crippen LogP contribution in [0.4, 0.5) is 11.4 Å². The first-order valence-corrected chi connectivity index (χ1v) is 5.74. The van der Waals surface area contributed by atoms with Gasteiger partial charge in [0.15, 0.2) is 0 Å². The van der Waals surface area contributed by atoms with E-state index in [0.717, 1.165) is 15.8 Å². The second-order valence-electron chi connectivity index (χ2n) is 3.57. The molecule has 1 unspecified atom stereocenters. The minimum atomic E-state index is 0.501. The molecule has 0 amide bonds. The third-order valence-corrected chi connectivity index (χ3v) is 2.85. The number of nitrogens with one attached hydrogen (secondary N) is 1. The molecule has 3 heteroatoms. The van der Waals surface area contributed by atoms with Crippen molar-refractivity contribution >= 4 is 27.3 Å². The van der Waals surface area contributed by atoms with E-state index in [1.807, 2.05) is 18.2 Å². The van der Waals surface area contributed by atoms with E-state index >= 15 is 0 Å². The Bertz CT molecular complexity index is 299. The number of anilines is 2. The number of benzene rings is 1. The zero-order valence-corrected chi connectivity index (χ0v) is 10.3. The van der Waals surface area contributed by atoms with Crippen LogP contribution >= 0.6 is 15.9 Å². The van der Waals surface area contributed by atoms with Crippen LogP contribution in [0.3, 0.4) is 0 Å². The topological polar surface area (TPSA) is 38.0 Å². The van der Waals surface area contributed by atoms with Gasteiger partial charge in [0, 0.05) is 21.9 Å². The summed E-state index contributed by atoms with van der Waals surface area (Å²) in [7, 11) is 0. The van der Waals surface area contributed by atoms with Crippen LogP contribution in [0, 0.1) is 0 Å². The lowest BCUT2D eigenvalue weighted by Crippen LogP contribution is -2.14. The fourth-order valence-corrected chi connectivity index (χ4v) is 1.67. The molecule has 2 nitrogen and oxygen atoms in total. The van der Waals surface area contributed by atoms with Crippen LogP contribution in [0.1, 0.15) is 26.7 Å². The molecule has 1 atom stereocenters. The van der Waals surface area contributed by atoms with E-state index in [1.165, 1.54) is 12.8 Å². The van der Waals surface area contributed by atoms with Crippen molar-refractivity contribution < 1.29 is 0 Å². The SMILES string of the molecule is CCCC(C)Nc1ccc(Br)c(N)c1. The molecule has 3 N–H and O–H groups in total. The lowest BCUT2D eigenvalue weighted by Gasteiger charge is -2.14. The van der Waals surface area contributed by atoms with Crippen molar-refractivity contribution in [3.05, 3.63) is 22.7 Å². The predicted molar refractivity (Wildman–Crippen MR) is 66.5 cm³/mol. The number of rotatable bonds is 4. The molecular weight excluding hydrogens is 240 g/mol. The molecule has 1 aromatic rings. The molecule has 0 saturated carbocycles. The van der Waals surface area contributed by atoms with Gasteiger partial charge in [0.05, 0.1) is 0 Å². The summed E-state index contributed by atoms with van der Waals surface area (Å²) in [6, 6.07) is 6.46. The highest BCUT2D eigenvalue weighted by Gasteiger charge is 2.01. The van der Waals surface area contributed by atoms with E-state index in [2.05, 4.69) is 35.1 Å². The fraction of sp³-hybridized carbons (Fsp3) is 0.455. The Labute approximate surface area is 94.0 Å². The highest BCUT2D eigenvalue weighted by atomic mass is 79.9. The summed E-state index contributed by atoms with van der Waals surface area (Å²) >= 11 is 3.37. The highest BCUT2D eigenvalue weighted by Crippen LogP contribution is 2.23. The highest BCUT2D eigenvalue weighted by molar-refractivity contribution is 9.10. The summed E-state index contributed by atoms with van der Waals surface area (Å²) in [6.07, 6.45) is 2.37. The summed E-state index contributed by atoms with van der Waals surface area (Å²) in [4.78, 5) is 0. The molecule has 78 valence electrons. The second-order valence-corrected chi connectivity index (χ2v) is 4.42. The number of hydrogen-bond acceptors (Lipinski definition) is 2. The van der Waals surface area contributed by atoms with E-state index in [9.17, 15) is 0 Å². The van der Waals surface area contributed by atoms with Crippen molar-refractivity contribution in [2.75, 3.05) is 11.1 Å². The van der Waals surface area contributed by atoms with Gasteiger partial charge in [-0.05, 0) is 47.5 Å². The largest absolute Gasteiger partial charge is 0.398 e. The average Bonchev–Trinajstić information content (AvgIpc) is 2.12. The van der Waals surface area contributed by atoms with Gasteiger partial charge in [0.2, 0.25) is 0 Å². The van der Waals surface area contributed by atoms with Gasteiger partial charge in [-0.1, -0.05) is 13.3 Å². The van der Waals surface area contributed by atoms with E-state index < -0.39 is 0 Å². The average molecular weight is 257 g/mol. The molecule has 0 aliphatic heterocycles. The first kappa shape index (κ1) is 11.4. The van der Waals surface area contributed by atoms with Gasteiger partial charge in [-0.2, -0.15) is 0 Å². The van der Waals surface area contributed by atoms with E-state index in [4.69, 9.17) is 5.73 Å². The molecule has 0 heterocycles. The van der Waals surface area contributed by atoms with Crippen LogP contribution in [0.15, 0.2) is 22.7 Å². The van der Waals surface area contributed by atoms with Gasteiger partial charge in [-0.25, -0.2) is 0 Å². The van der Waals surface area contributed by atoms with Crippen molar-refractivity contribution in [2.45, 2.75) is 32.7 Å². The third kappa shape index (κ3) is 3.22. The van der Waals surface area contributed by atoms with Crippen molar-refractivity contribution in [1.82, 2.24) is 0 Å². The summed E-state index contributed by atoms with van der Waals surface area (Å²) in [5.41, 5.74) is 7.65. The van der Waals surface area contributed by atoms with Crippen molar-refractivity contribution in [3.63, 3.8) is 0 Å². The van der Waals surface area contributed by atoms with Crippen LogP contribution in [0.5, 0.6) is 0 Å². The van der Waals surface area contributed by atoms with Crippen LogP contribution in [0.2, 0.25) is 0 Å². The number of nitrogens with two attached hydrogens (primary N) is 1. The van der Waals surface area contributed by atoms with Crippen molar-refractivity contribution in [2.24, 2.45) is 0 Å². The molecule has 1 aromatic carbocycles. The van der Waals surface area contributed by atoms with Crippen LogP contribution in [-0.2, 0) is 0 Å². The molecule has 1 rings (SSSR count). The molecular formula is C11H17BrN2. The summed E-state index contributed by atoms with van der Waals surface area (Å²) < 4.78 is 0.950. The van der Waals surface area contributed by atoms with Crippen LogP contribution in [-0.4, -0.2) is 6.04 Å². The summed E-state index contributed by atoms with van der Waals surface area (Å²) in [5, 5.41) is 3.41. The van der Waals surface area contributed by atoms with Crippen LogP contribution in [0.25, 0.3) is 0 Å². The van der Waals surface area contributed by atoms with Gasteiger partial charge in [-0.15, -0.1) is 0 Å². The van der Waals surface area contributed by atoms with Gasteiger partial charge < -0.3 is 11.1 Å². The molecule has 0 fully saturated rings. The molecule has 0 aliphatic carbocycles. The van der Waals surface area contributed by atoms with Gasteiger partial charge >= 0.3 is 0 Å². The normalized spacial score (nSPS) is 12.5. The second kappa shape index (κ2) is 5.25. The Balaban J connectivity index is 2.63. The molecule has 0 spiro atoms. The minimum Gasteiger partial charge on any atom is -0.398 e. The first-order valence-electron chi connectivity index (χ1n) is 4.95. The van der Waals surface area contributed by atoms with Gasteiger partial charge in [0.1, 0.15) is 0 Å². The smallest absolute Gasteiger partial charge is 0.0479 e. The molecule has 0 saturated heterocycles. The lowest BCUT2D eigenvalue weighted by molar-refractivity contribution is 0.690. The summed E-state index contributed by atoms with van der Waals surface area (Å²) in [6.45, 7) is 4.37. The Morgan fingerprint density at radius 2 is 2.21 bits per heavy atom. The maximum atomic E-state index is 5.78. The molecule has 0 aromatic heterocycles. The molecule has 0 aliphatic rings. The Morgan fingerprint density at radius 1 is 1.50 bits per heavy atom. The van der Waals surface area contributed by atoms with E-state index in [0.29, 0.717) is 6.04 Å². The maximum absolute atomic E-state index is 5.78. The van der Waals surface area contributed by atoms with Crippen LogP contribution < -0.4 is 11.1 Å². The maximum Gasteiger partial charge on any atom is 0.0479 e. The monoisotopic (exact) mass is 256 g/mol. The van der Waals surface area contributed by atoms with E-state index in [1.54, 1.807) is 0 Å². The number of halogens is 1. The number of hydrogen-bond donors (Lipinski definition) is 2. The zero-order chi connectivity index (χ0) is 10.6. The Kier molecular flexibility index (Phi) is 4.26. The first-order chi connectivity index (χ1) is 6.63. The fourth-order valence-electron chi connectivity index (χ4n) is 1.42. The quantitative estimate of drug-likeness (QED) is 0.808. The standard InChI is InChI=1S/C11H17BrN2/c1-3-4-8(2)14-9-5-6-10(12)11(13)7-9/h5-8,14H,3-4,13H2,1-2H3. The number of nitrogen functional groups attached to an aromatic ring is 1. The minimum absolute atomic E-state index is 0.501. The predicted octanol–water partition coefficient (Wildman–Crippen LogP) is 3.63. The molecule has 0 radical (unpaired) electrons. The zero-order valence-electron chi connectivity index (χ0n) is 8.68. The van der Waals surface area contributed by atoms with Gasteiger partial charge in [0.25, 0.3) is 0 Å². The molecule has 0 bridgehead atoms. The van der Waals surface area contributed by atoms with Crippen molar-refractivity contribution in [3.8, 4) is 0 Å². The third-order valence-electron chi connectivity index (χ3n) is 2.13. The molecule has 14 heavy (non-hydrogen) atoms. The summed E-state index contributed by atoms with van der Waals surface area (Å²) in [5.74, 6) is 0. The van der Waals surface area contributed by atoms with Crippen molar-refractivity contribution in [1.29, 1.82) is 0 Å². The van der Waals surface area contributed by atoms with E-state index in [-0.39, 0.29) is 0 Å². The Hall–Kier alpha value is -0.700. The lowest BCUT2D eigenvalue weighted by atomic mass is 10.2. The van der Waals surface area contributed by atoms with Gasteiger partial charge in [-0.3, -0.25) is 0 Å². The Morgan fingerprint density at radius 3 is 2.79 bits per heavy atom.